The van der Waals surface area contributed by atoms with Gasteiger partial charge >= 0.3 is 0 Å². The van der Waals surface area contributed by atoms with Crippen molar-refractivity contribution in [2.24, 2.45) is 10.7 Å². The highest BCUT2D eigenvalue weighted by Crippen LogP contribution is 1.98. The molecule has 0 aromatic heterocycles. The molecule has 0 aromatic rings. The highest BCUT2D eigenvalue weighted by Gasteiger charge is 2.09. The molecule has 0 aliphatic rings. The van der Waals surface area contributed by atoms with Gasteiger partial charge in [-0.25, -0.2) is 0 Å². The molecule has 72 valence electrons. The molecule has 0 saturated heterocycles. The van der Waals surface area contributed by atoms with Crippen LogP contribution in [0.2, 0.25) is 0 Å². The van der Waals surface area contributed by atoms with Crippen LogP contribution >= 0.6 is 0 Å². The Morgan fingerprint density at radius 2 is 2.00 bits per heavy atom. The number of hydrogen-bond donors (Lipinski definition) is 3. The zero-order valence-corrected chi connectivity index (χ0v) is 7.70. The maximum atomic E-state index is 8.62. The number of aliphatic imine (C=N–C) groups is 1. The van der Waals surface area contributed by atoms with Gasteiger partial charge in [-0.05, 0) is 26.7 Å². The molecule has 4 N–H and O–H groups in total. The summed E-state index contributed by atoms with van der Waals surface area (Å²) in [5.41, 5.74) is 6.42. The Morgan fingerprint density at radius 1 is 1.42 bits per heavy atom. The summed E-state index contributed by atoms with van der Waals surface area (Å²) in [5.74, 6) is 0. The molecule has 0 bridgehead atoms. The largest absolute Gasteiger partial charge is 0.367 e. The van der Waals surface area contributed by atoms with Crippen LogP contribution in [-0.2, 0) is 0 Å². The van der Waals surface area contributed by atoms with Gasteiger partial charge in [-0.2, -0.15) is 0 Å². The summed E-state index contributed by atoms with van der Waals surface area (Å²) in [6.45, 7) is 4.57. The average molecular weight is 174 g/mol. The van der Waals surface area contributed by atoms with E-state index in [-0.39, 0.29) is 0 Å². The van der Waals surface area contributed by atoms with Crippen LogP contribution in [0.25, 0.3) is 0 Å². The van der Waals surface area contributed by atoms with Crippen LogP contribution in [0, 0.1) is 0 Å². The van der Waals surface area contributed by atoms with Crippen LogP contribution < -0.4 is 5.73 Å². The van der Waals surface area contributed by atoms with Gasteiger partial charge in [-0.3, -0.25) is 4.99 Å². The maximum Gasteiger partial charge on any atom is 0.166 e. The van der Waals surface area contributed by atoms with E-state index in [0.29, 0.717) is 13.0 Å². The molecule has 4 nitrogen and oxygen atoms in total. The molecule has 0 saturated carbocycles. The number of aliphatic hydroxyl groups is 2. The van der Waals surface area contributed by atoms with Crippen molar-refractivity contribution in [1.82, 2.24) is 0 Å². The molecule has 0 rings (SSSR count). The zero-order chi connectivity index (χ0) is 9.56. The molecule has 0 unspecified atom stereocenters. The SMILES string of the molecule is CC(C)=NCCC[C@H](N)C(O)O. The summed E-state index contributed by atoms with van der Waals surface area (Å²) in [4.78, 5) is 4.15. The fourth-order valence-electron chi connectivity index (χ4n) is 0.779. The highest BCUT2D eigenvalue weighted by atomic mass is 16.5. The number of aliphatic hydroxyl groups excluding tert-OH is 1. The molecule has 0 spiro atoms. The second kappa shape index (κ2) is 6.11. The van der Waals surface area contributed by atoms with E-state index in [1.165, 1.54) is 0 Å². The Balaban J connectivity index is 3.38. The van der Waals surface area contributed by atoms with Gasteiger partial charge in [0, 0.05) is 12.3 Å². The molecule has 12 heavy (non-hydrogen) atoms. The molecule has 0 aliphatic carbocycles. The second-order valence-corrected chi connectivity index (χ2v) is 3.05. The summed E-state index contributed by atoms with van der Waals surface area (Å²) < 4.78 is 0. The fourth-order valence-corrected chi connectivity index (χ4v) is 0.779. The Bertz CT molecular complexity index is 142. The van der Waals surface area contributed by atoms with Crippen molar-refractivity contribution in [2.45, 2.75) is 39.0 Å². The summed E-state index contributed by atoms with van der Waals surface area (Å²) in [6, 6.07) is -0.544. The van der Waals surface area contributed by atoms with Crippen molar-refractivity contribution < 1.29 is 10.2 Å². The minimum Gasteiger partial charge on any atom is -0.367 e. The van der Waals surface area contributed by atoms with Gasteiger partial charge < -0.3 is 15.9 Å². The van der Waals surface area contributed by atoms with E-state index < -0.39 is 12.3 Å². The Labute approximate surface area is 73.1 Å². The van der Waals surface area contributed by atoms with Gasteiger partial charge in [-0.15, -0.1) is 0 Å². The van der Waals surface area contributed by atoms with Gasteiger partial charge in [0.2, 0.25) is 0 Å². The summed E-state index contributed by atoms with van der Waals surface area (Å²) in [6.07, 6.45) is -0.0185. The molecule has 0 radical (unpaired) electrons. The van der Waals surface area contributed by atoms with Gasteiger partial charge in [0.1, 0.15) is 0 Å². The lowest BCUT2D eigenvalue weighted by Crippen LogP contribution is -2.34. The molecule has 0 aromatic carbocycles. The third kappa shape index (κ3) is 6.27. The van der Waals surface area contributed by atoms with Gasteiger partial charge in [0.05, 0.1) is 6.04 Å². The smallest absolute Gasteiger partial charge is 0.166 e. The highest BCUT2D eigenvalue weighted by molar-refractivity contribution is 5.78. The topological polar surface area (TPSA) is 78.8 Å². The molecule has 0 fully saturated rings. The lowest BCUT2D eigenvalue weighted by atomic mass is 10.1. The van der Waals surface area contributed by atoms with E-state index >= 15 is 0 Å². The van der Waals surface area contributed by atoms with E-state index in [2.05, 4.69) is 4.99 Å². The van der Waals surface area contributed by atoms with Crippen molar-refractivity contribution in [1.29, 1.82) is 0 Å². The lowest BCUT2D eigenvalue weighted by molar-refractivity contribution is -0.0597. The molecule has 1 atom stereocenters. The summed E-state index contributed by atoms with van der Waals surface area (Å²) in [5, 5.41) is 17.2. The Kier molecular flexibility index (Phi) is 5.88. The Morgan fingerprint density at radius 3 is 2.42 bits per heavy atom. The Hall–Kier alpha value is -0.450. The van der Waals surface area contributed by atoms with E-state index in [1.807, 2.05) is 13.8 Å². The first-order valence-corrected chi connectivity index (χ1v) is 4.13. The first-order valence-electron chi connectivity index (χ1n) is 4.13. The van der Waals surface area contributed by atoms with Crippen LogP contribution in [0.4, 0.5) is 0 Å². The molecule has 4 heteroatoms. The number of nitrogens with two attached hydrogens (primary N) is 1. The van der Waals surface area contributed by atoms with Crippen LogP contribution in [0.3, 0.4) is 0 Å². The zero-order valence-electron chi connectivity index (χ0n) is 7.70. The lowest BCUT2D eigenvalue weighted by Gasteiger charge is -2.11. The molecular formula is C8H18N2O2. The number of hydrogen-bond acceptors (Lipinski definition) is 4. The van der Waals surface area contributed by atoms with E-state index in [9.17, 15) is 0 Å². The minimum absolute atomic E-state index is 0.544. The van der Waals surface area contributed by atoms with Crippen molar-refractivity contribution >= 4 is 5.71 Å². The van der Waals surface area contributed by atoms with Crippen LogP contribution in [-0.4, -0.2) is 34.8 Å². The van der Waals surface area contributed by atoms with Gasteiger partial charge in [0.25, 0.3) is 0 Å². The van der Waals surface area contributed by atoms with E-state index in [0.717, 1.165) is 12.1 Å². The first kappa shape index (κ1) is 11.6. The van der Waals surface area contributed by atoms with Crippen molar-refractivity contribution in [2.75, 3.05) is 6.54 Å². The summed E-state index contributed by atoms with van der Waals surface area (Å²) >= 11 is 0. The van der Waals surface area contributed by atoms with Crippen LogP contribution in [0.5, 0.6) is 0 Å². The van der Waals surface area contributed by atoms with E-state index in [1.54, 1.807) is 0 Å². The number of rotatable bonds is 5. The number of nitrogens with zero attached hydrogens (tertiary/aromatic N) is 1. The normalized spacial score (nSPS) is 13.2. The monoisotopic (exact) mass is 174 g/mol. The second-order valence-electron chi connectivity index (χ2n) is 3.05. The van der Waals surface area contributed by atoms with Crippen LogP contribution in [0.1, 0.15) is 26.7 Å². The third-order valence-corrected chi connectivity index (χ3v) is 1.51. The molecule has 0 aliphatic heterocycles. The standard InChI is InChI=1S/C8H18N2O2/c1-6(2)10-5-3-4-7(9)8(11)12/h7-8,11-12H,3-5,9H2,1-2H3/t7-/m0/s1. The summed E-state index contributed by atoms with van der Waals surface area (Å²) in [7, 11) is 0. The third-order valence-electron chi connectivity index (χ3n) is 1.51. The predicted molar refractivity (Wildman–Crippen MR) is 49.1 cm³/mol. The van der Waals surface area contributed by atoms with Gasteiger partial charge in [0.15, 0.2) is 6.29 Å². The van der Waals surface area contributed by atoms with Gasteiger partial charge in [-0.1, -0.05) is 0 Å². The minimum atomic E-state index is -1.41. The maximum absolute atomic E-state index is 8.62. The van der Waals surface area contributed by atoms with Crippen molar-refractivity contribution in [3.05, 3.63) is 0 Å². The predicted octanol–water partition coefficient (Wildman–Crippen LogP) is -0.115. The average Bonchev–Trinajstić information content (AvgIpc) is 1.97. The molecule has 0 amide bonds. The van der Waals surface area contributed by atoms with Crippen LogP contribution in [0.15, 0.2) is 4.99 Å². The fraction of sp³-hybridized carbons (Fsp3) is 0.875. The van der Waals surface area contributed by atoms with Crippen molar-refractivity contribution in [3.63, 3.8) is 0 Å². The molecule has 0 heterocycles. The van der Waals surface area contributed by atoms with E-state index in [4.69, 9.17) is 15.9 Å². The molecular weight excluding hydrogens is 156 g/mol. The quantitative estimate of drug-likeness (QED) is 0.309. The van der Waals surface area contributed by atoms with Crippen molar-refractivity contribution in [3.8, 4) is 0 Å². The first-order chi connectivity index (χ1) is 5.54.